The lowest BCUT2D eigenvalue weighted by atomic mass is 10.1. The highest BCUT2D eigenvalue weighted by atomic mass is 32.2. The van der Waals surface area contributed by atoms with Gasteiger partial charge in [-0.25, -0.2) is 0 Å². The van der Waals surface area contributed by atoms with Gasteiger partial charge in [-0.2, -0.15) is 35.3 Å². The van der Waals surface area contributed by atoms with Crippen LogP contribution in [-0.2, 0) is 11.5 Å². The average molecular weight is 282 g/mol. The van der Waals surface area contributed by atoms with Crippen molar-refractivity contribution in [1.29, 1.82) is 0 Å². The third-order valence-corrected chi connectivity index (χ3v) is 5.90. The van der Waals surface area contributed by atoms with Gasteiger partial charge in [-0.3, -0.25) is 0 Å². The molecule has 1 heterocycles. The molecule has 0 spiro atoms. The molecule has 1 atom stereocenters. The summed E-state index contributed by atoms with van der Waals surface area (Å²) in [5.41, 5.74) is 3.01. The summed E-state index contributed by atoms with van der Waals surface area (Å²) in [5, 5.41) is 0.947. The zero-order valence-electron chi connectivity index (χ0n) is 9.93. The van der Waals surface area contributed by atoms with Crippen LogP contribution >= 0.6 is 35.3 Å². The van der Waals surface area contributed by atoms with Gasteiger partial charge < -0.3 is 0 Å². The summed E-state index contributed by atoms with van der Waals surface area (Å²) < 4.78 is 0. The first-order valence-electron chi connectivity index (χ1n) is 5.85. The number of rotatable bonds is 8. The standard InChI is InChI=1S/C14H18S3/c1-2-7-15-8-12-5-3-4-6-13(12)9-16-10-14-11-17-14/h2-6,14H,1,7-11H2. The topological polar surface area (TPSA) is 0 Å². The average Bonchev–Trinajstić information content (AvgIpc) is 3.15. The van der Waals surface area contributed by atoms with Crippen LogP contribution in [0.1, 0.15) is 11.1 Å². The summed E-state index contributed by atoms with van der Waals surface area (Å²) in [5.74, 6) is 6.02. The molecule has 0 saturated carbocycles. The van der Waals surface area contributed by atoms with Gasteiger partial charge in [-0.1, -0.05) is 30.3 Å². The lowest BCUT2D eigenvalue weighted by Gasteiger charge is -2.08. The molecule has 3 heteroatoms. The second-order valence-corrected chi connectivity index (χ2v) is 7.44. The molecule has 92 valence electrons. The normalized spacial score (nSPS) is 18.0. The minimum Gasteiger partial charge on any atom is -0.156 e. The van der Waals surface area contributed by atoms with Gasteiger partial charge in [0.15, 0.2) is 0 Å². The molecule has 0 N–H and O–H groups in total. The fourth-order valence-corrected chi connectivity index (χ4v) is 4.42. The maximum Gasteiger partial charge on any atom is 0.0229 e. The molecule has 1 unspecified atom stereocenters. The molecule has 0 aromatic heterocycles. The van der Waals surface area contributed by atoms with Crippen molar-refractivity contribution in [3.05, 3.63) is 48.0 Å². The van der Waals surface area contributed by atoms with Crippen LogP contribution in [0, 0.1) is 0 Å². The Bertz CT molecular complexity index is 358. The fraction of sp³-hybridized carbons (Fsp3) is 0.429. The zero-order chi connectivity index (χ0) is 11.9. The summed E-state index contributed by atoms with van der Waals surface area (Å²) in [4.78, 5) is 0. The van der Waals surface area contributed by atoms with Crippen LogP contribution < -0.4 is 0 Å². The van der Waals surface area contributed by atoms with Crippen molar-refractivity contribution in [2.45, 2.75) is 16.8 Å². The Morgan fingerprint density at radius 1 is 1.24 bits per heavy atom. The van der Waals surface area contributed by atoms with Crippen molar-refractivity contribution in [3.63, 3.8) is 0 Å². The minimum atomic E-state index is 0.947. The van der Waals surface area contributed by atoms with E-state index in [2.05, 4.69) is 54.4 Å². The van der Waals surface area contributed by atoms with E-state index in [9.17, 15) is 0 Å². The van der Waals surface area contributed by atoms with Gasteiger partial charge in [0.1, 0.15) is 0 Å². The van der Waals surface area contributed by atoms with Gasteiger partial charge in [-0.15, -0.1) is 6.58 Å². The molecule has 17 heavy (non-hydrogen) atoms. The Balaban J connectivity index is 1.82. The third-order valence-electron chi connectivity index (χ3n) is 2.58. The summed E-state index contributed by atoms with van der Waals surface area (Å²) in [6.07, 6.45) is 1.98. The van der Waals surface area contributed by atoms with Gasteiger partial charge in [0.2, 0.25) is 0 Å². The Kier molecular flexibility index (Phi) is 5.89. The monoisotopic (exact) mass is 282 g/mol. The van der Waals surface area contributed by atoms with E-state index in [0.717, 1.165) is 16.8 Å². The van der Waals surface area contributed by atoms with Crippen molar-refractivity contribution >= 4 is 35.3 Å². The molecule has 1 aromatic rings. The highest BCUT2D eigenvalue weighted by Crippen LogP contribution is 2.34. The van der Waals surface area contributed by atoms with Crippen LogP contribution in [0.3, 0.4) is 0 Å². The van der Waals surface area contributed by atoms with Gasteiger partial charge in [0.25, 0.3) is 0 Å². The quantitative estimate of drug-likeness (QED) is 0.393. The summed E-state index contributed by atoms with van der Waals surface area (Å²) in [7, 11) is 0. The van der Waals surface area contributed by atoms with E-state index in [4.69, 9.17) is 0 Å². The van der Waals surface area contributed by atoms with E-state index in [0.29, 0.717) is 0 Å². The maximum atomic E-state index is 3.76. The molecular weight excluding hydrogens is 264 g/mol. The van der Waals surface area contributed by atoms with E-state index in [1.54, 1.807) is 0 Å². The molecule has 0 aliphatic carbocycles. The van der Waals surface area contributed by atoms with E-state index in [1.807, 2.05) is 17.8 Å². The fourth-order valence-electron chi connectivity index (χ4n) is 1.56. The first-order chi connectivity index (χ1) is 8.40. The predicted octanol–water partition coefficient (Wildman–Crippen LogP) is 4.45. The van der Waals surface area contributed by atoms with Gasteiger partial charge >= 0.3 is 0 Å². The predicted molar refractivity (Wildman–Crippen MR) is 85.2 cm³/mol. The first kappa shape index (κ1) is 13.4. The van der Waals surface area contributed by atoms with E-state index in [-0.39, 0.29) is 0 Å². The summed E-state index contributed by atoms with van der Waals surface area (Å²) in [6.45, 7) is 3.76. The van der Waals surface area contributed by atoms with E-state index >= 15 is 0 Å². The molecule has 0 nitrogen and oxygen atoms in total. The molecule has 1 aliphatic rings. The van der Waals surface area contributed by atoms with E-state index in [1.165, 1.54) is 28.4 Å². The van der Waals surface area contributed by atoms with Crippen LogP contribution in [0.4, 0.5) is 0 Å². The molecule has 0 bridgehead atoms. The molecule has 2 rings (SSSR count). The maximum absolute atomic E-state index is 3.76. The van der Waals surface area contributed by atoms with Crippen LogP contribution in [0.5, 0.6) is 0 Å². The number of benzene rings is 1. The smallest absolute Gasteiger partial charge is 0.0229 e. The SMILES string of the molecule is C=CCSCc1ccccc1CSCC1CS1. The summed E-state index contributed by atoms with van der Waals surface area (Å²) in [6, 6.07) is 8.84. The lowest BCUT2D eigenvalue weighted by molar-refractivity contribution is 1.24. The summed E-state index contributed by atoms with van der Waals surface area (Å²) >= 11 is 6.11. The zero-order valence-corrected chi connectivity index (χ0v) is 12.4. The first-order valence-corrected chi connectivity index (χ1v) is 9.20. The van der Waals surface area contributed by atoms with Crippen molar-refractivity contribution in [3.8, 4) is 0 Å². The second kappa shape index (κ2) is 7.45. The second-order valence-electron chi connectivity index (χ2n) is 4.04. The van der Waals surface area contributed by atoms with Crippen molar-refractivity contribution in [2.75, 3.05) is 17.3 Å². The molecule has 1 aromatic carbocycles. The Morgan fingerprint density at radius 2 is 1.88 bits per heavy atom. The van der Waals surface area contributed by atoms with Gasteiger partial charge in [0.05, 0.1) is 0 Å². The van der Waals surface area contributed by atoms with Crippen molar-refractivity contribution < 1.29 is 0 Å². The molecular formula is C14H18S3. The third kappa shape index (κ3) is 5.02. The Hall–Kier alpha value is 0.01000. The molecule has 0 amide bonds. The van der Waals surface area contributed by atoms with Crippen LogP contribution in [0.2, 0.25) is 0 Å². The molecule has 0 radical (unpaired) electrons. The number of thioether (sulfide) groups is 3. The number of hydrogen-bond donors (Lipinski definition) is 0. The largest absolute Gasteiger partial charge is 0.156 e. The van der Waals surface area contributed by atoms with Crippen molar-refractivity contribution in [1.82, 2.24) is 0 Å². The highest BCUT2D eigenvalue weighted by molar-refractivity contribution is 8.08. The Labute approximate surface area is 117 Å². The Morgan fingerprint density at radius 3 is 2.47 bits per heavy atom. The van der Waals surface area contributed by atoms with Crippen LogP contribution in [0.25, 0.3) is 0 Å². The molecule has 1 aliphatic heterocycles. The van der Waals surface area contributed by atoms with Crippen molar-refractivity contribution in [2.24, 2.45) is 0 Å². The lowest BCUT2D eigenvalue weighted by Crippen LogP contribution is -1.93. The van der Waals surface area contributed by atoms with Crippen LogP contribution in [0.15, 0.2) is 36.9 Å². The molecule has 1 fully saturated rings. The molecule has 1 saturated heterocycles. The van der Waals surface area contributed by atoms with E-state index < -0.39 is 0 Å². The minimum absolute atomic E-state index is 0.947. The number of hydrogen-bond acceptors (Lipinski definition) is 3. The van der Waals surface area contributed by atoms with Gasteiger partial charge in [0, 0.05) is 34.0 Å². The van der Waals surface area contributed by atoms with Crippen LogP contribution in [-0.4, -0.2) is 22.5 Å². The highest BCUT2D eigenvalue weighted by Gasteiger charge is 2.21. The van der Waals surface area contributed by atoms with Gasteiger partial charge in [-0.05, 0) is 11.1 Å².